The number of pyridine rings is 1. The number of nitrogens with zero attached hydrogens (tertiary/aromatic N) is 1. The molecular weight excluding hydrogens is 263 g/mol. The molecule has 0 aliphatic heterocycles. The third kappa shape index (κ3) is 3.46. The highest BCUT2D eigenvalue weighted by molar-refractivity contribution is 9.10. The van der Waals surface area contributed by atoms with Crippen molar-refractivity contribution in [2.45, 2.75) is 13.8 Å². The van der Waals surface area contributed by atoms with Crippen LogP contribution in [0.25, 0.3) is 0 Å². The summed E-state index contributed by atoms with van der Waals surface area (Å²) in [6.07, 6.45) is 1.76. The van der Waals surface area contributed by atoms with Crippen LogP contribution in [0, 0.1) is 5.41 Å². The van der Waals surface area contributed by atoms with Crippen molar-refractivity contribution in [3.05, 3.63) is 22.8 Å². The van der Waals surface area contributed by atoms with Crippen LogP contribution in [0.2, 0.25) is 0 Å². The molecule has 4 heteroatoms. The zero-order valence-corrected chi connectivity index (χ0v) is 10.7. The van der Waals surface area contributed by atoms with Crippen molar-refractivity contribution in [2.75, 3.05) is 17.7 Å². The molecule has 1 heterocycles. The lowest BCUT2D eigenvalue weighted by Gasteiger charge is -2.22. The minimum Gasteiger partial charge on any atom is -0.369 e. The molecule has 0 unspecified atom stereocenters. The van der Waals surface area contributed by atoms with Crippen molar-refractivity contribution in [1.82, 2.24) is 4.98 Å². The number of hydrogen-bond donors (Lipinski definition) is 1. The SMILES string of the molecule is CC(C)(CCl)CNc1ncccc1Br. The van der Waals surface area contributed by atoms with Crippen molar-refractivity contribution in [1.29, 1.82) is 0 Å². The first kappa shape index (κ1) is 11.8. The Bertz CT molecular complexity index is 302. The van der Waals surface area contributed by atoms with E-state index in [-0.39, 0.29) is 5.41 Å². The van der Waals surface area contributed by atoms with Crippen LogP contribution < -0.4 is 5.32 Å². The van der Waals surface area contributed by atoms with E-state index >= 15 is 0 Å². The third-order valence-corrected chi connectivity index (χ3v) is 3.22. The summed E-state index contributed by atoms with van der Waals surface area (Å²) in [5.41, 5.74) is 0.0819. The van der Waals surface area contributed by atoms with Gasteiger partial charge in [-0.3, -0.25) is 0 Å². The summed E-state index contributed by atoms with van der Waals surface area (Å²) in [5.74, 6) is 1.50. The predicted octanol–water partition coefficient (Wildman–Crippen LogP) is 3.52. The summed E-state index contributed by atoms with van der Waals surface area (Å²) in [5, 5.41) is 3.26. The number of nitrogens with one attached hydrogen (secondary N) is 1. The summed E-state index contributed by atoms with van der Waals surface area (Å²) >= 11 is 9.26. The van der Waals surface area contributed by atoms with E-state index in [0.717, 1.165) is 16.8 Å². The molecule has 0 aliphatic carbocycles. The molecule has 0 aromatic carbocycles. The molecule has 14 heavy (non-hydrogen) atoms. The fraction of sp³-hybridized carbons (Fsp3) is 0.500. The van der Waals surface area contributed by atoms with Gasteiger partial charge in [-0.05, 0) is 33.5 Å². The maximum Gasteiger partial charge on any atom is 0.140 e. The minimum atomic E-state index is 0.0819. The summed E-state index contributed by atoms with van der Waals surface area (Å²) in [6, 6.07) is 3.85. The Labute approximate surface area is 98.2 Å². The normalized spacial score (nSPS) is 11.4. The van der Waals surface area contributed by atoms with Gasteiger partial charge < -0.3 is 5.32 Å². The number of anilines is 1. The third-order valence-electron chi connectivity index (χ3n) is 1.85. The molecule has 0 spiro atoms. The van der Waals surface area contributed by atoms with Crippen molar-refractivity contribution in [3.63, 3.8) is 0 Å². The smallest absolute Gasteiger partial charge is 0.140 e. The molecule has 0 atom stereocenters. The van der Waals surface area contributed by atoms with Crippen molar-refractivity contribution >= 4 is 33.3 Å². The van der Waals surface area contributed by atoms with E-state index in [9.17, 15) is 0 Å². The van der Waals surface area contributed by atoms with E-state index in [1.807, 2.05) is 12.1 Å². The topological polar surface area (TPSA) is 24.9 Å². The van der Waals surface area contributed by atoms with Crippen LogP contribution in [-0.2, 0) is 0 Å². The monoisotopic (exact) mass is 276 g/mol. The van der Waals surface area contributed by atoms with Gasteiger partial charge in [0, 0.05) is 18.6 Å². The fourth-order valence-electron chi connectivity index (χ4n) is 0.886. The second kappa shape index (κ2) is 4.99. The standard InChI is InChI=1S/C10H14BrClN2/c1-10(2,6-12)7-14-9-8(11)4-3-5-13-9/h3-5H,6-7H2,1-2H3,(H,13,14). The van der Waals surface area contributed by atoms with Crippen molar-refractivity contribution in [3.8, 4) is 0 Å². The van der Waals surface area contributed by atoms with Gasteiger partial charge in [-0.25, -0.2) is 4.98 Å². The number of alkyl halides is 1. The van der Waals surface area contributed by atoms with Crippen molar-refractivity contribution in [2.24, 2.45) is 5.41 Å². The lowest BCUT2D eigenvalue weighted by Crippen LogP contribution is -2.25. The Kier molecular flexibility index (Phi) is 4.20. The Morgan fingerprint density at radius 1 is 1.57 bits per heavy atom. The first-order valence-corrected chi connectivity index (χ1v) is 5.78. The van der Waals surface area contributed by atoms with Gasteiger partial charge in [0.25, 0.3) is 0 Å². The quantitative estimate of drug-likeness (QED) is 0.852. The molecule has 0 saturated heterocycles. The van der Waals surface area contributed by atoms with E-state index in [4.69, 9.17) is 11.6 Å². The molecule has 0 radical (unpaired) electrons. The number of hydrogen-bond acceptors (Lipinski definition) is 2. The average molecular weight is 278 g/mol. The number of rotatable bonds is 4. The summed E-state index contributed by atoms with van der Waals surface area (Å²) in [6.45, 7) is 5.04. The fourth-order valence-corrected chi connectivity index (χ4v) is 1.38. The minimum absolute atomic E-state index is 0.0819. The van der Waals surface area contributed by atoms with Crippen molar-refractivity contribution < 1.29 is 0 Å². The van der Waals surface area contributed by atoms with E-state index in [1.54, 1.807) is 6.20 Å². The maximum atomic E-state index is 5.83. The molecule has 78 valence electrons. The molecule has 0 fully saturated rings. The van der Waals surface area contributed by atoms with Crippen LogP contribution in [0.5, 0.6) is 0 Å². The lowest BCUT2D eigenvalue weighted by atomic mass is 9.97. The molecule has 2 nitrogen and oxygen atoms in total. The Balaban J connectivity index is 2.58. The molecule has 0 bridgehead atoms. The highest BCUT2D eigenvalue weighted by Gasteiger charge is 2.16. The lowest BCUT2D eigenvalue weighted by molar-refractivity contribution is 0.449. The van der Waals surface area contributed by atoms with Gasteiger partial charge in [-0.2, -0.15) is 0 Å². The van der Waals surface area contributed by atoms with E-state index in [1.165, 1.54) is 0 Å². The van der Waals surface area contributed by atoms with Gasteiger partial charge in [0.2, 0.25) is 0 Å². The van der Waals surface area contributed by atoms with Gasteiger partial charge in [0.1, 0.15) is 5.82 Å². The summed E-state index contributed by atoms with van der Waals surface area (Å²) in [4.78, 5) is 4.21. The molecule has 1 rings (SSSR count). The maximum absolute atomic E-state index is 5.83. The van der Waals surface area contributed by atoms with Crippen LogP contribution in [-0.4, -0.2) is 17.4 Å². The number of aromatic nitrogens is 1. The van der Waals surface area contributed by atoms with E-state index < -0.39 is 0 Å². The van der Waals surface area contributed by atoms with Crippen LogP contribution in [0.4, 0.5) is 5.82 Å². The molecule has 0 aliphatic rings. The Morgan fingerprint density at radius 3 is 2.86 bits per heavy atom. The van der Waals surface area contributed by atoms with E-state index in [0.29, 0.717) is 5.88 Å². The summed E-state index contributed by atoms with van der Waals surface area (Å²) in [7, 11) is 0. The van der Waals surface area contributed by atoms with Crippen LogP contribution in [0.15, 0.2) is 22.8 Å². The highest BCUT2D eigenvalue weighted by Crippen LogP contribution is 2.22. The molecule has 0 amide bonds. The molecular formula is C10H14BrClN2. The zero-order valence-electron chi connectivity index (χ0n) is 8.35. The van der Waals surface area contributed by atoms with Crippen LogP contribution in [0.3, 0.4) is 0 Å². The van der Waals surface area contributed by atoms with E-state index in [2.05, 4.69) is 40.1 Å². The zero-order chi connectivity index (χ0) is 10.6. The molecule has 1 aromatic heterocycles. The van der Waals surface area contributed by atoms with Gasteiger partial charge in [0.15, 0.2) is 0 Å². The largest absolute Gasteiger partial charge is 0.369 e. The van der Waals surface area contributed by atoms with Gasteiger partial charge in [-0.1, -0.05) is 13.8 Å². The molecule has 0 saturated carbocycles. The van der Waals surface area contributed by atoms with Gasteiger partial charge >= 0.3 is 0 Å². The average Bonchev–Trinajstić information content (AvgIpc) is 2.17. The second-order valence-electron chi connectivity index (χ2n) is 3.99. The van der Waals surface area contributed by atoms with Gasteiger partial charge in [0.05, 0.1) is 4.47 Å². The first-order valence-electron chi connectivity index (χ1n) is 4.45. The van der Waals surface area contributed by atoms with Gasteiger partial charge in [-0.15, -0.1) is 11.6 Å². The summed E-state index contributed by atoms with van der Waals surface area (Å²) < 4.78 is 0.977. The van der Waals surface area contributed by atoms with Crippen LogP contribution >= 0.6 is 27.5 Å². The Hall–Kier alpha value is -0.280. The molecule has 1 aromatic rings. The second-order valence-corrected chi connectivity index (χ2v) is 5.11. The molecule has 1 N–H and O–H groups in total. The Morgan fingerprint density at radius 2 is 2.29 bits per heavy atom. The first-order chi connectivity index (χ1) is 6.55. The predicted molar refractivity (Wildman–Crippen MR) is 64.9 cm³/mol. The van der Waals surface area contributed by atoms with Crippen LogP contribution in [0.1, 0.15) is 13.8 Å². The number of halogens is 2. The highest BCUT2D eigenvalue weighted by atomic mass is 79.9.